The zero-order valence-corrected chi connectivity index (χ0v) is 11.6. The Labute approximate surface area is 106 Å². The molecule has 0 spiro atoms. The van der Waals surface area contributed by atoms with E-state index in [0.717, 1.165) is 25.2 Å². The fourth-order valence-corrected chi connectivity index (χ4v) is 3.72. The van der Waals surface area contributed by atoms with E-state index in [1.54, 1.807) is 0 Å². The first kappa shape index (κ1) is 13.1. The van der Waals surface area contributed by atoms with Crippen LogP contribution in [-0.2, 0) is 4.79 Å². The summed E-state index contributed by atoms with van der Waals surface area (Å²) in [6, 6.07) is 0. The minimum atomic E-state index is 0.405. The Morgan fingerprint density at radius 3 is 2.53 bits per heavy atom. The number of Topliss-reactive ketones (excluding diaryl/α,β-unsaturated/α-hetero) is 1. The molecule has 0 aromatic rings. The van der Waals surface area contributed by atoms with Gasteiger partial charge in [-0.05, 0) is 30.1 Å². The molecule has 1 nitrogen and oxygen atoms in total. The van der Waals surface area contributed by atoms with Gasteiger partial charge < -0.3 is 0 Å². The number of rotatable bonds is 3. The second-order valence-corrected chi connectivity index (χ2v) is 7.01. The van der Waals surface area contributed by atoms with Crippen LogP contribution in [0.1, 0.15) is 78.1 Å². The van der Waals surface area contributed by atoms with Crippen LogP contribution in [0.5, 0.6) is 0 Å². The van der Waals surface area contributed by atoms with E-state index in [-0.39, 0.29) is 0 Å². The smallest absolute Gasteiger partial charge is 0.133 e. The van der Waals surface area contributed by atoms with Crippen molar-refractivity contribution in [1.29, 1.82) is 0 Å². The summed E-state index contributed by atoms with van der Waals surface area (Å²) in [7, 11) is 0. The van der Waals surface area contributed by atoms with Gasteiger partial charge in [0.25, 0.3) is 0 Å². The number of carbonyl (C=O) groups excluding carboxylic acids is 1. The van der Waals surface area contributed by atoms with E-state index in [0.29, 0.717) is 17.1 Å². The van der Waals surface area contributed by atoms with Crippen molar-refractivity contribution >= 4 is 5.78 Å². The van der Waals surface area contributed by atoms with Gasteiger partial charge in [-0.25, -0.2) is 0 Å². The second kappa shape index (κ2) is 5.54. The first-order valence-corrected chi connectivity index (χ1v) is 7.59. The number of ketones is 1. The van der Waals surface area contributed by atoms with Crippen molar-refractivity contribution in [1.82, 2.24) is 0 Å². The van der Waals surface area contributed by atoms with Gasteiger partial charge in [0.2, 0.25) is 0 Å². The van der Waals surface area contributed by atoms with Gasteiger partial charge >= 0.3 is 0 Å². The van der Waals surface area contributed by atoms with Crippen LogP contribution < -0.4 is 0 Å². The van der Waals surface area contributed by atoms with E-state index in [1.165, 1.54) is 44.9 Å². The topological polar surface area (TPSA) is 17.1 Å². The van der Waals surface area contributed by atoms with E-state index in [4.69, 9.17) is 0 Å². The highest BCUT2D eigenvalue weighted by Gasteiger charge is 2.35. The molecular formula is C16H28O. The van der Waals surface area contributed by atoms with Crippen molar-refractivity contribution in [2.24, 2.45) is 17.3 Å². The monoisotopic (exact) mass is 236 g/mol. The summed E-state index contributed by atoms with van der Waals surface area (Å²) in [5.74, 6) is 2.14. The number of hydrogen-bond donors (Lipinski definition) is 0. The standard InChI is InChI=1S/C16H28O/c1-16(2)11-10-15(17)12-14(16)9-8-13-6-4-3-5-7-13/h13-14H,3-12H2,1-2H3/t14-/m1/s1. The van der Waals surface area contributed by atoms with Crippen LogP contribution in [0, 0.1) is 17.3 Å². The van der Waals surface area contributed by atoms with Crippen LogP contribution in [0.3, 0.4) is 0 Å². The van der Waals surface area contributed by atoms with Gasteiger partial charge in [0.15, 0.2) is 0 Å². The molecule has 2 aliphatic rings. The maximum atomic E-state index is 11.6. The molecule has 2 rings (SSSR count). The summed E-state index contributed by atoms with van der Waals surface area (Å²) < 4.78 is 0. The molecule has 0 aliphatic heterocycles. The molecule has 0 aromatic heterocycles. The first-order valence-electron chi connectivity index (χ1n) is 7.59. The summed E-state index contributed by atoms with van der Waals surface area (Å²) in [5, 5.41) is 0. The van der Waals surface area contributed by atoms with Crippen LogP contribution in [-0.4, -0.2) is 5.78 Å². The van der Waals surface area contributed by atoms with E-state index in [1.807, 2.05) is 0 Å². The van der Waals surface area contributed by atoms with E-state index in [2.05, 4.69) is 13.8 Å². The molecule has 2 saturated carbocycles. The van der Waals surface area contributed by atoms with E-state index >= 15 is 0 Å². The average Bonchev–Trinajstić information content (AvgIpc) is 2.32. The zero-order chi connectivity index (χ0) is 12.3. The highest BCUT2D eigenvalue weighted by atomic mass is 16.1. The Morgan fingerprint density at radius 1 is 1.12 bits per heavy atom. The van der Waals surface area contributed by atoms with Crippen LogP contribution in [0.25, 0.3) is 0 Å². The summed E-state index contributed by atoms with van der Waals surface area (Å²) in [4.78, 5) is 11.6. The van der Waals surface area contributed by atoms with Crippen molar-refractivity contribution in [2.45, 2.75) is 78.1 Å². The Hall–Kier alpha value is -0.330. The average molecular weight is 236 g/mol. The fraction of sp³-hybridized carbons (Fsp3) is 0.938. The lowest BCUT2D eigenvalue weighted by Crippen LogP contribution is -2.32. The molecular weight excluding hydrogens is 208 g/mol. The molecule has 0 saturated heterocycles. The lowest BCUT2D eigenvalue weighted by Gasteiger charge is -2.39. The largest absolute Gasteiger partial charge is 0.300 e. The molecule has 0 aromatic carbocycles. The Balaban J connectivity index is 1.81. The minimum absolute atomic E-state index is 0.405. The fourth-order valence-electron chi connectivity index (χ4n) is 3.72. The molecule has 1 heteroatoms. The lowest BCUT2D eigenvalue weighted by atomic mass is 9.66. The predicted octanol–water partition coefficient (Wildman–Crippen LogP) is 4.74. The summed E-state index contributed by atoms with van der Waals surface area (Å²) in [6.45, 7) is 4.73. The second-order valence-electron chi connectivity index (χ2n) is 7.01. The summed E-state index contributed by atoms with van der Waals surface area (Å²) in [5.41, 5.74) is 0.405. The SMILES string of the molecule is CC1(C)CCC(=O)C[C@H]1CCC1CCCCC1. The predicted molar refractivity (Wildman–Crippen MR) is 71.9 cm³/mol. The molecule has 0 radical (unpaired) electrons. The Morgan fingerprint density at radius 2 is 1.82 bits per heavy atom. The molecule has 0 unspecified atom stereocenters. The quantitative estimate of drug-likeness (QED) is 0.691. The van der Waals surface area contributed by atoms with Crippen LogP contribution in [0.15, 0.2) is 0 Å². The molecule has 0 N–H and O–H groups in total. The number of carbonyl (C=O) groups is 1. The van der Waals surface area contributed by atoms with Gasteiger partial charge in [-0.15, -0.1) is 0 Å². The van der Waals surface area contributed by atoms with Gasteiger partial charge in [0, 0.05) is 12.8 Å². The van der Waals surface area contributed by atoms with Crippen molar-refractivity contribution in [3.05, 3.63) is 0 Å². The van der Waals surface area contributed by atoms with Crippen molar-refractivity contribution in [3.8, 4) is 0 Å². The van der Waals surface area contributed by atoms with E-state index in [9.17, 15) is 4.79 Å². The lowest BCUT2D eigenvalue weighted by molar-refractivity contribution is -0.124. The Kier molecular flexibility index (Phi) is 4.27. The van der Waals surface area contributed by atoms with Gasteiger partial charge in [-0.2, -0.15) is 0 Å². The van der Waals surface area contributed by atoms with E-state index < -0.39 is 0 Å². The number of hydrogen-bond acceptors (Lipinski definition) is 1. The van der Waals surface area contributed by atoms with Crippen molar-refractivity contribution in [2.75, 3.05) is 0 Å². The molecule has 0 bridgehead atoms. The molecule has 2 aliphatic carbocycles. The van der Waals surface area contributed by atoms with Crippen molar-refractivity contribution in [3.63, 3.8) is 0 Å². The molecule has 2 fully saturated rings. The van der Waals surface area contributed by atoms with Gasteiger partial charge in [-0.3, -0.25) is 4.79 Å². The third-order valence-corrected chi connectivity index (χ3v) is 5.28. The van der Waals surface area contributed by atoms with Gasteiger partial charge in [0.1, 0.15) is 5.78 Å². The third-order valence-electron chi connectivity index (χ3n) is 5.28. The maximum Gasteiger partial charge on any atom is 0.133 e. The maximum absolute atomic E-state index is 11.6. The Bertz CT molecular complexity index is 261. The highest BCUT2D eigenvalue weighted by molar-refractivity contribution is 5.79. The molecule has 1 atom stereocenters. The minimum Gasteiger partial charge on any atom is -0.300 e. The zero-order valence-electron chi connectivity index (χ0n) is 11.6. The summed E-state index contributed by atoms with van der Waals surface area (Å²) in [6.07, 6.45) is 12.7. The first-order chi connectivity index (χ1) is 8.08. The highest BCUT2D eigenvalue weighted by Crippen LogP contribution is 2.43. The molecule has 17 heavy (non-hydrogen) atoms. The molecule has 98 valence electrons. The van der Waals surface area contributed by atoms with Crippen LogP contribution in [0.2, 0.25) is 0 Å². The van der Waals surface area contributed by atoms with Crippen molar-refractivity contribution < 1.29 is 4.79 Å². The van der Waals surface area contributed by atoms with Crippen LogP contribution >= 0.6 is 0 Å². The van der Waals surface area contributed by atoms with Gasteiger partial charge in [0.05, 0.1) is 0 Å². The van der Waals surface area contributed by atoms with Gasteiger partial charge in [-0.1, -0.05) is 52.4 Å². The van der Waals surface area contributed by atoms with Crippen LogP contribution in [0.4, 0.5) is 0 Å². The normalized spacial score (nSPS) is 30.5. The third kappa shape index (κ3) is 3.56. The molecule has 0 heterocycles. The molecule has 0 amide bonds. The summed E-state index contributed by atoms with van der Waals surface area (Å²) >= 11 is 0.